The molecule has 2 nitrogen and oxygen atoms in total. The van der Waals surface area contributed by atoms with Crippen molar-refractivity contribution in [3.05, 3.63) is 42.0 Å². The number of aliphatic hydroxyl groups excluding tert-OH is 1. The summed E-state index contributed by atoms with van der Waals surface area (Å²) in [4.78, 5) is 0. The molecule has 1 rings (SSSR count). The highest BCUT2D eigenvalue weighted by atomic mass is 19.2. The Morgan fingerprint density at radius 2 is 2.13 bits per heavy atom. The molecule has 1 aromatic carbocycles. The summed E-state index contributed by atoms with van der Waals surface area (Å²) in [6.45, 7) is 5.22. The van der Waals surface area contributed by atoms with Gasteiger partial charge >= 0.3 is 0 Å². The zero-order chi connectivity index (χ0) is 11.4. The highest BCUT2D eigenvalue weighted by molar-refractivity contribution is 5.33. The molecule has 0 bridgehead atoms. The number of halogens is 2. The topological polar surface area (TPSA) is 29.5 Å². The Balaban J connectivity index is 3.14. The second kappa shape index (κ2) is 4.89. The molecule has 0 aliphatic carbocycles. The van der Waals surface area contributed by atoms with Crippen LogP contribution in [0.25, 0.3) is 0 Å². The van der Waals surface area contributed by atoms with E-state index >= 15 is 0 Å². The summed E-state index contributed by atoms with van der Waals surface area (Å²) in [6, 6.07) is 2.56. The van der Waals surface area contributed by atoms with Crippen molar-refractivity contribution in [3.8, 4) is 5.75 Å². The minimum absolute atomic E-state index is 0.147. The highest BCUT2D eigenvalue weighted by Gasteiger charge is 2.17. The van der Waals surface area contributed by atoms with Crippen LogP contribution < -0.4 is 4.74 Å². The fraction of sp³-hybridized carbons (Fsp3) is 0.273. The molecular formula is C11H12F2O2. The average Bonchev–Trinajstić information content (AvgIpc) is 2.24. The first kappa shape index (κ1) is 11.7. The van der Waals surface area contributed by atoms with Gasteiger partial charge in [0, 0.05) is 5.56 Å². The summed E-state index contributed by atoms with van der Waals surface area (Å²) in [6.07, 6.45) is -0.0896. The monoisotopic (exact) mass is 214 g/mol. The minimum Gasteiger partial charge on any atom is -0.491 e. The molecule has 0 radical (unpaired) electrons. The van der Waals surface area contributed by atoms with Crippen molar-refractivity contribution in [2.45, 2.75) is 13.0 Å². The van der Waals surface area contributed by atoms with Crippen molar-refractivity contribution in [2.24, 2.45) is 0 Å². The highest BCUT2D eigenvalue weighted by Crippen LogP contribution is 2.26. The molecule has 15 heavy (non-hydrogen) atoms. The Morgan fingerprint density at radius 1 is 1.47 bits per heavy atom. The van der Waals surface area contributed by atoms with E-state index in [4.69, 9.17) is 4.74 Å². The van der Waals surface area contributed by atoms with E-state index in [1.54, 1.807) is 6.92 Å². The maximum Gasteiger partial charge on any atom is 0.200 e. The van der Waals surface area contributed by atoms with E-state index in [1.807, 2.05) is 0 Å². The van der Waals surface area contributed by atoms with Crippen LogP contribution in [0.3, 0.4) is 0 Å². The normalized spacial score (nSPS) is 12.3. The molecule has 4 heteroatoms. The molecule has 0 saturated carbocycles. The van der Waals surface area contributed by atoms with Gasteiger partial charge in [0.2, 0.25) is 5.82 Å². The molecule has 1 atom stereocenters. The SMILES string of the molecule is C=CC(O)c1ccc(OCC)c(F)c1F. The number of hydrogen-bond donors (Lipinski definition) is 1. The number of rotatable bonds is 4. The third-order valence-electron chi connectivity index (χ3n) is 1.92. The molecule has 0 spiro atoms. The first-order valence-corrected chi connectivity index (χ1v) is 4.53. The predicted molar refractivity (Wildman–Crippen MR) is 52.7 cm³/mol. The molecule has 1 N–H and O–H groups in total. The number of benzene rings is 1. The third kappa shape index (κ3) is 2.33. The Morgan fingerprint density at radius 3 is 2.67 bits per heavy atom. The van der Waals surface area contributed by atoms with Crippen molar-refractivity contribution in [1.29, 1.82) is 0 Å². The van der Waals surface area contributed by atoms with Crippen LogP contribution in [-0.2, 0) is 0 Å². The smallest absolute Gasteiger partial charge is 0.200 e. The molecule has 0 fully saturated rings. The maximum absolute atomic E-state index is 13.4. The molecular weight excluding hydrogens is 202 g/mol. The summed E-state index contributed by atoms with van der Waals surface area (Å²) in [5.74, 6) is -2.35. The van der Waals surface area contributed by atoms with Crippen LogP contribution >= 0.6 is 0 Å². The molecule has 0 saturated heterocycles. The first-order chi connectivity index (χ1) is 7.11. The maximum atomic E-state index is 13.4. The predicted octanol–water partition coefficient (Wildman–Crippen LogP) is 2.58. The second-order valence-corrected chi connectivity index (χ2v) is 2.89. The van der Waals surface area contributed by atoms with Crippen LogP contribution in [0.4, 0.5) is 8.78 Å². The largest absolute Gasteiger partial charge is 0.491 e. The summed E-state index contributed by atoms with van der Waals surface area (Å²) in [5.41, 5.74) is -0.147. The lowest BCUT2D eigenvalue weighted by atomic mass is 10.1. The minimum atomic E-state index is -1.21. The van der Waals surface area contributed by atoms with E-state index in [0.29, 0.717) is 0 Å². The van der Waals surface area contributed by atoms with Gasteiger partial charge in [0.15, 0.2) is 11.6 Å². The summed E-state index contributed by atoms with van der Waals surface area (Å²) in [7, 11) is 0. The fourth-order valence-corrected chi connectivity index (χ4v) is 1.17. The van der Waals surface area contributed by atoms with Crippen molar-refractivity contribution in [2.75, 3.05) is 6.61 Å². The van der Waals surface area contributed by atoms with Gasteiger partial charge in [-0.1, -0.05) is 6.08 Å². The lowest BCUT2D eigenvalue weighted by molar-refractivity contribution is 0.220. The molecule has 0 heterocycles. The Kier molecular flexibility index (Phi) is 3.80. The van der Waals surface area contributed by atoms with Crippen molar-refractivity contribution >= 4 is 0 Å². The molecule has 82 valence electrons. The molecule has 0 aliphatic heterocycles. The van der Waals surface area contributed by atoms with Gasteiger partial charge in [-0.3, -0.25) is 0 Å². The van der Waals surface area contributed by atoms with E-state index in [0.717, 1.165) is 6.08 Å². The van der Waals surface area contributed by atoms with Gasteiger partial charge in [-0.2, -0.15) is 4.39 Å². The summed E-state index contributed by atoms with van der Waals surface area (Å²) >= 11 is 0. The van der Waals surface area contributed by atoms with E-state index in [1.165, 1.54) is 12.1 Å². The van der Waals surface area contributed by atoms with Crippen LogP contribution in [0.15, 0.2) is 24.8 Å². The Bertz CT molecular complexity index is 364. The summed E-state index contributed by atoms with van der Waals surface area (Å²) in [5, 5.41) is 9.29. The molecule has 1 unspecified atom stereocenters. The number of hydrogen-bond acceptors (Lipinski definition) is 2. The van der Waals surface area contributed by atoms with Crippen LogP contribution in [0.2, 0.25) is 0 Å². The average molecular weight is 214 g/mol. The number of aliphatic hydroxyl groups is 1. The van der Waals surface area contributed by atoms with Gasteiger partial charge in [0.1, 0.15) is 0 Å². The Hall–Kier alpha value is -1.42. The second-order valence-electron chi connectivity index (χ2n) is 2.89. The van der Waals surface area contributed by atoms with Crippen LogP contribution in [0.5, 0.6) is 5.75 Å². The zero-order valence-electron chi connectivity index (χ0n) is 8.34. The molecule has 0 amide bonds. The summed E-state index contributed by atoms with van der Waals surface area (Å²) < 4.78 is 31.5. The molecule has 0 aromatic heterocycles. The van der Waals surface area contributed by atoms with Crippen LogP contribution in [0.1, 0.15) is 18.6 Å². The zero-order valence-corrected chi connectivity index (χ0v) is 8.34. The molecule has 0 aliphatic rings. The Labute approximate surface area is 86.8 Å². The quantitative estimate of drug-likeness (QED) is 0.780. The van der Waals surface area contributed by atoms with E-state index in [9.17, 15) is 13.9 Å². The first-order valence-electron chi connectivity index (χ1n) is 4.53. The van der Waals surface area contributed by atoms with Gasteiger partial charge in [0.25, 0.3) is 0 Å². The lowest BCUT2D eigenvalue weighted by Crippen LogP contribution is -2.03. The van der Waals surface area contributed by atoms with Gasteiger partial charge in [-0.15, -0.1) is 6.58 Å². The van der Waals surface area contributed by atoms with Crippen LogP contribution in [-0.4, -0.2) is 11.7 Å². The van der Waals surface area contributed by atoms with E-state index < -0.39 is 17.7 Å². The number of ether oxygens (including phenoxy) is 1. The van der Waals surface area contributed by atoms with Crippen LogP contribution in [0, 0.1) is 11.6 Å². The standard InChI is InChI=1S/C11H12F2O2/c1-3-8(14)7-5-6-9(15-4-2)11(13)10(7)12/h3,5-6,8,14H,1,4H2,2H3. The van der Waals surface area contributed by atoms with Gasteiger partial charge in [-0.05, 0) is 19.1 Å². The van der Waals surface area contributed by atoms with Crippen molar-refractivity contribution in [1.82, 2.24) is 0 Å². The van der Waals surface area contributed by atoms with Gasteiger partial charge in [-0.25, -0.2) is 4.39 Å². The van der Waals surface area contributed by atoms with Gasteiger partial charge in [0.05, 0.1) is 12.7 Å². The third-order valence-corrected chi connectivity index (χ3v) is 1.92. The molecule has 1 aromatic rings. The van der Waals surface area contributed by atoms with E-state index in [-0.39, 0.29) is 17.9 Å². The fourth-order valence-electron chi connectivity index (χ4n) is 1.17. The lowest BCUT2D eigenvalue weighted by Gasteiger charge is -2.10. The van der Waals surface area contributed by atoms with E-state index in [2.05, 4.69) is 6.58 Å². The van der Waals surface area contributed by atoms with Gasteiger partial charge < -0.3 is 9.84 Å². The van der Waals surface area contributed by atoms with Crippen molar-refractivity contribution in [3.63, 3.8) is 0 Å². The van der Waals surface area contributed by atoms with Crippen molar-refractivity contribution < 1.29 is 18.6 Å².